The van der Waals surface area contributed by atoms with Crippen LogP contribution in [0.1, 0.15) is 16.0 Å². The molecule has 0 N–H and O–H groups in total. The maximum Gasteiger partial charge on any atom is 0.273 e. The van der Waals surface area contributed by atoms with Crippen molar-refractivity contribution in [1.82, 2.24) is 0 Å². The lowest BCUT2D eigenvalue weighted by Crippen LogP contribution is -2.00. The quantitative estimate of drug-likeness (QED) is 0.299. The number of nitro groups is 1. The van der Waals surface area contributed by atoms with Gasteiger partial charge in [-0.15, -0.1) is 0 Å². The predicted octanol–water partition coefficient (Wildman–Crippen LogP) is 4.88. The molecule has 0 aliphatic heterocycles. The molecule has 0 saturated heterocycles. The summed E-state index contributed by atoms with van der Waals surface area (Å²) in [6.45, 7) is 0. The first-order valence-corrected chi connectivity index (χ1v) is 7.69. The van der Waals surface area contributed by atoms with Gasteiger partial charge in [-0.25, -0.2) is 0 Å². The van der Waals surface area contributed by atoms with Crippen molar-refractivity contribution in [2.24, 2.45) is 0 Å². The van der Waals surface area contributed by atoms with E-state index in [-0.39, 0.29) is 15.4 Å². The smallest absolute Gasteiger partial charge is 0.258 e. The molecule has 2 aromatic rings. The number of rotatable bonds is 4. The van der Waals surface area contributed by atoms with Gasteiger partial charge < -0.3 is 0 Å². The lowest BCUT2D eigenvalue weighted by atomic mass is 10.0. The molecule has 0 aliphatic rings. The zero-order valence-electron chi connectivity index (χ0n) is 9.92. The minimum atomic E-state index is -0.317. The number of nitrogens with zero attached hydrogens (tertiary/aromatic N) is 1. The summed E-state index contributed by atoms with van der Waals surface area (Å²) in [7, 11) is 0. The second-order valence-corrected chi connectivity index (χ2v) is 6.46. The predicted molar refractivity (Wildman–Crippen MR) is 87.6 cm³/mol. The largest absolute Gasteiger partial charge is 0.273 e. The molecule has 1 atom stereocenters. The summed E-state index contributed by atoms with van der Waals surface area (Å²) in [5, 5.41) is 11.1. The Kier molecular flexibility index (Phi) is 4.93. The number of hydrogen-bond acceptors (Lipinski definition) is 2. The van der Waals surface area contributed by atoms with Crippen LogP contribution in [0.25, 0.3) is 0 Å². The number of benzene rings is 2. The molecule has 0 fully saturated rings. The average Bonchev–Trinajstić information content (AvgIpc) is 2.41. The van der Waals surface area contributed by atoms with Crippen molar-refractivity contribution in [2.75, 3.05) is 0 Å². The molecule has 0 radical (unpaired) electrons. The van der Waals surface area contributed by atoms with Gasteiger partial charge in [0.2, 0.25) is 0 Å². The molecule has 5 heteroatoms. The van der Waals surface area contributed by atoms with Crippen LogP contribution in [0.2, 0.25) is 0 Å². The highest BCUT2D eigenvalue weighted by Gasteiger charge is 2.17. The molecule has 0 spiro atoms. The Labute approximate surface area is 133 Å². The number of alkyl halides is 1. The number of hydrogen-bond donors (Lipinski definition) is 0. The third kappa shape index (κ3) is 3.76. The summed E-state index contributed by atoms with van der Waals surface area (Å²) in [5.41, 5.74) is 2.05. The standard InChI is InChI=1S/C14H11BrINO2/c15-13(10-4-2-1-3-5-10)8-11-6-7-12(16)9-14(11)17(18)19/h1-7,9,13H,8H2. The van der Waals surface area contributed by atoms with Crippen molar-refractivity contribution in [2.45, 2.75) is 11.2 Å². The SMILES string of the molecule is O=[N+]([O-])c1cc(I)ccc1CC(Br)c1ccccc1. The van der Waals surface area contributed by atoms with Crippen LogP contribution in [0.5, 0.6) is 0 Å². The van der Waals surface area contributed by atoms with E-state index >= 15 is 0 Å². The number of halogens is 2. The molecule has 0 amide bonds. The van der Waals surface area contributed by atoms with Crippen LogP contribution in [-0.4, -0.2) is 4.92 Å². The van der Waals surface area contributed by atoms with Gasteiger partial charge in [-0.05, 0) is 40.6 Å². The van der Waals surface area contributed by atoms with Gasteiger partial charge in [-0.1, -0.05) is 52.3 Å². The molecule has 0 saturated carbocycles. The molecule has 2 aromatic carbocycles. The minimum absolute atomic E-state index is 0.0764. The van der Waals surface area contributed by atoms with Crippen molar-refractivity contribution < 1.29 is 4.92 Å². The van der Waals surface area contributed by atoms with E-state index in [0.29, 0.717) is 6.42 Å². The van der Waals surface area contributed by atoms with Crippen molar-refractivity contribution in [3.05, 3.63) is 73.3 Å². The Hall–Kier alpha value is -0.950. The molecule has 0 bridgehead atoms. The third-order valence-corrected chi connectivity index (χ3v) is 4.33. The molecule has 3 nitrogen and oxygen atoms in total. The fourth-order valence-corrected chi connectivity index (χ4v) is 2.98. The molecule has 2 rings (SSSR count). The van der Waals surface area contributed by atoms with Gasteiger partial charge >= 0.3 is 0 Å². The van der Waals surface area contributed by atoms with Gasteiger partial charge in [-0.2, -0.15) is 0 Å². The van der Waals surface area contributed by atoms with E-state index in [2.05, 4.69) is 38.5 Å². The van der Waals surface area contributed by atoms with Crippen LogP contribution in [0.3, 0.4) is 0 Å². The first-order valence-electron chi connectivity index (χ1n) is 5.70. The fourth-order valence-electron chi connectivity index (χ4n) is 1.85. The van der Waals surface area contributed by atoms with E-state index in [1.54, 1.807) is 6.07 Å². The third-order valence-electron chi connectivity index (χ3n) is 2.80. The molecule has 0 aromatic heterocycles. The normalized spacial score (nSPS) is 12.1. The van der Waals surface area contributed by atoms with Gasteiger partial charge in [-0.3, -0.25) is 10.1 Å². The summed E-state index contributed by atoms with van der Waals surface area (Å²) in [6.07, 6.45) is 0.594. The zero-order valence-corrected chi connectivity index (χ0v) is 13.7. The average molecular weight is 432 g/mol. The van der Waals surface area contributed by atoms with Gasteiger partial charge in [0.05, 0.1) is 4.92 Å². The maximum absolute atomic E-state index is 11.1. The Bertz CT molecular complexity index is 589. The Morgan fingerprint density at radius 3 is 2.53 bits per heavy atom. The summed E-state index contributed by atoms with van der Waals surface area (Å²) in [4.78, 5) is 10.8. The van der Waals surface area contributed by atoms with Crippen molar-refractivity contribution in [3.8, 4) is 0 Å². The highest BCUT2D eigenvalue weighted by molar-refractivity contribution is 14.1. The second kappa shape index (κ2) is 6.47. The van der Waals surface area contributed by atoms with Gasteiger partial charge in [0, 0.05) is 20.0 Å². The van der Waals surface area contributed by atoms with Crippen LogP contribution in [-0.2, 0) is 6.42 Å². The Balaban J connectivity index is 2.26. The van der Waals surface area contributed by atoms with E-state index in [0.717, 1.165) is 14.7 Å². The molecular formula is C14H11BrINO2. The van der Waals surface area contributed by atoms with E-state index in [4.69, 9.17) is 0 Å². The maximum atomic E-state index is 11.1. The van der Waals surface area contributed by atoms with Crippen molar-refractivity contribution in [1.29, 1.82) is 0 Å². The van der Waals surface area contributed by atoms with Crippen LogP contribution >= 0.6 is 38.5 Å². The topological polar surface area (TPSA) is 43.1 Å². The summed E-state index contributed by atoms with van der Waals surface area (Å²) >= 11 is 5.68. The molecule has 98 valence electrons. The van der Waals surface area contributed by atoms with Gasteiger partial charge in [0.1, 0.15) is 0 Å². The van der Waals surface area contributed by atoms with Crippen molar-refractivity contribution >= 4 is 44.2 Å². The first kappa shape index (κ1) is 14.5. The molecular weight excluding hydrogens is 421 g/mol. The van der Waals surface area contributed by atoms with E-state index in [9.17, 15) is 10.1 Å². The number of nitro benzene ring substituents is 1. The first-order chi connectivity index (χ1) is 9.08. The van der Waals surface area contributed by atoms with E-state index < -0.39 is 0 Å². The fraction of sp³-hybridized carbons (Fsp3) is 0.143. The van der Waals surface area contributed by atoms with Gasteiger partial charge in [0.25, 0.3) is 5.69 Å². The Morgan fingerprint density at radius 1 is 1.21 bits per heavy atom. The van der Waals surface area contributed by atoms with Gasteiger partial charge in [0.15, 0.2) is 0 Å². The monoisotopic (exact) mass is 431 g/mol. The summed E-state index contributed by atoms with van der Waals surface area (Å²) in [6, 6.07) is 15.2. The lowest BCUT2D eigenvalue weighted by molar-refractivity contribution is -0.385. The summed E-state index contributed by atoms with van der Waals surface area (Å²) < 4.78 is 0.874. The molecule has 0 aliphatic carbocycles. The highest BCUT2D eigenvalue weighted by Crippen LogP contribution is 2.31. The minimum Gasteiger partial charge on any atom is -0.258 e. The van der Waals surface area contributed by atoms with Crippen LogP contribution in [0.4, 0.5) is 5.69 Å². The molecule has 19 heavy (non-hydrogen) atoms. The zero-order chi connectivity index (χ0) is 13.8. The van der Waals surface area contributed by atoms with Crippen molar-refractivity contribution in [3.63, 3.8) is 0 Å². The molecule has 1 unspecified atom stereocenters. The van der Waals surface area contributed by atoms with Crippen LogP contribution in [0.15, 0.2) is 48.5 Å². The van der Waals surface area contributed by atoms with E-state index in [1.807, 2.05) is 42.5 Å². The second-order valence-electron chi connectivity index (χ2n) is 4.11. The highest BCUT2D eigenvalue weighted by atomic mass is 127. The van der Waals surface area contributed by atoms with Crippen LogP contribution < -0.4 is 0 Å². The lowest BCUT2D eigenvalue weighted by Gasteiger charge is -2.10. The van der Waals surface area contributed by atoms with E-state index in [1.165, 1.54) is 0 Å². The Morgan fingerprint density at radius 2 is 1.89 bits per heavy atom. The van der Waals surface area contributed by atoms with Crippen LogP contribution in [0, 0.1) is 13.7 Å². The summed E-state index contributed by atoms with van der Waals surface area (Å²) in [5.74, 6) is 0. The molecule has 0 heterocycles.